The van der Waals surface area contributed by atoms with Crippen LogP contribution in [0.4, 0.5) is 0 Å². The number of aryl methyl sites for hydroxylation is 2. The number of rotatable bonds is 4. The van der Waals surface area contributed by atoms with Crippen LogP contribution in [0.5, 0.6) is 0 Å². The summed E-state index contributed by atoms with van der Waals surface area (Å²) < 4.78 is 2.23. The van der Waals surface area contributed by atoms with E-state index >= 15 is 0 Å². The van der Waals surface area contributed by atoms with E-state index < -0.39 is 0 Å². The number of thioether (sulfide) groups is 1. The summed E-state index contributed by atoms with van der Waals surface area (Å²) in [6, 6.07) is 22.5. The highest BCUT2D eigenvalue weighted by Gasteiger charge is 2.18. The van der Waals surface area contributed by atoms with Gasteiger partial charge in [0.05, 0.1) is 11.0 Å². The lowest BCUT2D eigenvalue weighted by Crippen LogP contribution is -2.29. The molecule has 0 bridgehead atoms. The first-order valence-electron chi connectivity index (χ1n) is 11.4. The molecule has 0 unspecified atom stereocenters. The fourth-order valence-corrected chi connectivity index (χ4v) is 5.32. The Hall–Kier alpha value is -2.56. The maximum atomic E-state index is 5.01. The van der Waals surface area contributed by atoms with Gasteiger partial charge < -0.3 is 9.47 Å². The van der Waals surface area contributed by atoms with Crippen molar-refractivity contribution >= 4 is 22.8 Å². The molecule has 1 aliphatic rings. The van der Waals surface area contributed by atoms with Crippen LogP contribution in [-0.2, 0) is 7.05 Å². The van der Waals surface area contributed by atoms with E-state index in [1.54, 1.807) is 11.8 Å². The van der Waals surface area contributed by atoms with Gasteiger partial charge in [-0.05, 0) is 98.6 Å². The first kappa shape index (κ1) is 21.3. The number of likely N-dealkylation sites (tertiary alicyclic amines) is 1. The second kappa shape index (κ2) is 8.76. The molecule has 3 nitrogen and oxygen atoms in total. The molecule has 0 radical (unpaired) electrons. The van der Waals surface area contributed by atoms with E-state index in [0.717, 1.165) is 16.9 Å². The molecular weight excluding hydrogens is 410 g/mol. The van der Waals surface area contributed by atoms with Crippen LogP contribution in [0.25, 0.3) is 33.5 Å². The van der Waals surface area contributed by atoms with E-state index in [1.807, 2.05) is 0 Å². The summed E-state index contributed by atoms with van der Waals surface area (Å²) in [6.07, 6.45) is 4.63. The Morgan fingerprint density at radius 2 is 1.50 bits per heavy atom. The summed E-state index contributed by atoms with van der Waals surface area (Å²) in [5.74, 6) is 1.71. The molecule has 1 fully saturated rings. The summed E-state index contributed by atoms with van der Waals surface area (Å²) in [5, 5.41) is 0. The third kappa shape index (κ3) is 3.98. The predicted octanol–water partition coefficient (Wildman–Crippen LogP) is 6.75. The number of hydrogen-bond donors (Lipinski definition) is 0. The fraction of sp³-hybridized carbons (Fsp3) is 0.321. The monoisotopic (exact) mass is 441 g/mol. The number of hydrogen-bond acceptors (Lipinski definition) is 3. The van der Waals surface area contributed by atoms with Crippen molar-refractivity contribution in [1.82, 2.24) is 14.5 Å². The molecule has 5 rings (SSSR count). The van der Waals surface area contributed by atoms with Crippen LogP contribution >= 0.6 is 11.8 Å². The van der Waals surface area contributed by atoms with E-state index in [4.69, 9.17) is 4.98 Å². The normalized spacial score (nSPS) is 15.5. The molecular formula is C28H31N3S. The Morgan fingerprint density at radius 1 is 0.844 bits per heavy atom. The summed E-state index contributed by atoms with van der Waals surface area (Å²) in [5.41, 5.74) is 8.67. The van der Waals surface area contributed by atoms with Gasteiger partial charge in [0.25, 0.3) is 0 Å². The average molecular weight is 442 g/mol. The third-order valence-electron chi connectivity index (χ3n) is 6.96. The fourth-order valence-electron chi connectivity index (χ4n) is 4.91. The van der Waals surface area contributed by atoms with Crippen LogP contribution in [0.2, 0.25) is 0 Å². The van der Waals surface area contributed by atoms with Crippen molar-refractivity contribution < 1.29 is 0 Å². The van der Waals surface area contributed by atoms with Crippen LogP contribution in [0.1, 0.15) is 29.9 Å². The minimum Gasteiger partial charge on any atom is -0.327 e. The maximum absolute atomic E-state index is 5.01. The lowest BCUT2D eigenvalue weighted by Gasteiger charge is -2.29. The molecule has 4 aromatic rings. The van der Waals surface area contributed by atoms with Crippen LogP contribution < -0.4 is 0 Å². The molecule has 2 heterocycles. The van der Waals surface area contributed by atoms with Crippen molar-refractivity contribution in [1.29, 1.82) is 0 Å². The summed E-state index contributed by atoms with van der Waals surface area (Å²) in [6.45, 7) is 4.57. The summed E-state index contributed by atoms with van der Waals surface area (Å²) in [7, 11) is 4.35. The average Bonchev–Trinajstić information content (AvgIpc) is 3.17. The van der Waals surface area contributed by atoms with Crippen LogP contribution in [-0.4, -0.2) is 40.8 Å². The van der Waals surface area contributed by atoms with Gasteiger partial charge in [0.15, 0.2) is 0 Å². The van der Waals surface area contributed by atoms with E-state index in [2.05, 4.69) is 97.4 Å². The van der Waals surface area contributed by atoms with Gasteiger partial charge in [-0.3, -0.25) is 0 Å². The Balaban J connectivity index is 1.48. The largest absolute Gasteiger partial charge is 0.327 e. The first-order valence-corrected chi connectivity index (χ1v) is 12.7. The van der Waals surface area contributed by atoms with Crippen molar-refractivity contribution in [2.45, 2.75) is 30.6 Å². The molecule has 0 N–H and O–H groups in total. The number of nitrogens with zero attached hydrogens (tertiary/aromatic N) is 3. The first-order chi connectivity index (χ1) is 15.5. The number of benzene rings is 3. The quantitative estimate of drug-likeness (QED) is 0.327. The Bertz CT molecular complexity index is 1230. The van der Waals surface area contributed by atoms with E-state index in [1.165, 1.54) is 58.6 Å². The Labute approximate surface area is 195 Å². The molecule has 4 heteroatoms. The van der Waals surface area contributed by atoms with Gasteiger partial charge in [0, 0.05) is 17.5 Å². The zero-order valence-corrected chi connectivity index (χ0v) is 20.2. The zero-order chi connectivity index (χ0) is 22.2. The maximum Gasteiger partial charge on any atom is 0.140 e. The molecule has 164 valence electrons. The van der Waals surface area contributed by atoms with Crippen molar-refractivity contribution in [3.8, 4) is 22.5 Å². The van der Waals surface area contributed by atoms with E-state index in [9.17, 15) is 0 Å². The molecule has 0 atom stereocenters. The lowest BCUT2D eigenvalue weighted by atomic mass is 9.88. The van der Waals surface area contributed by atoms with Gasteiger partial charge in [-0.2, -0.15) is 0 Å². The Morgan fingerprint density at radius 3 is 2.16 bits per heavy atom. The molecule has 32 heavy (non-hydrogen) atoms. The second-order valence-electron chi connectivity index (χ2n) is 9.08. The SMILES string of the molecule is CSc1ccc(-c2nc3c(C)cc(-c4ccc(C5CCN(C)CC5)cc4)cc3n2C)cc1. The van der Waals surface area contributed by atoms with Crippen LogP contribution in [0.15, 0.2) is 65.6 Å². The summed E-state index contributed by atoms with van der Waals surface area (Å²) in [4.78, 5) is 8.71. The second-order valence-corrected chi connectivity index (χ2v) is 9.96. The topological polar surface area (TPSA) is 21.1 Å². The number of aromatic nitrogens is 2. The van der Waals surface area contributed by atoms with Crippen molar-refractivity contribution in [2.24, 2.45) is 7.05 Å². The van der Waals surface area contributed by atoms with Crippen molar-refractivity contribution in [2.75, 3.05) is 26.4 Å². The van der Waals surface area contributed by atoms with Gasteiger partial charge in [-0.15, -0.1) is 11.8 Å². The van der Waals surface area contributed by atoms with Crippen LogP contribution in [0.3, 0.4) is 0 Å². The molecule has 0 aliphatic carbocycles. The smallest absolute Gasteiger partial charge is 0.140 e. The number of piperidine rings is 1. The molecule has 1 saturated heterocycles. The molecule has 1 aromatic heterocycles. The minimum absolute atomic E-state index is 0.696. The number of fused-ring (bicyclic) bond motifs is 1. The lowest BCUT2D eigenvalue weighted by molar-refractivity contribution is 0.255. The zero-order valence-electron chi connectivity index (χ0n) is 19.4. The third-order valence-corrected chi connectivity index (χ3v) is 7.70. The van der Waals surface area contributed by atoms with Crippen molar-refractivity contribution in [3.63, 3.8) is 0 Å². The van der Waals surface area contributed by atoms with Gasteiger partial charge in [-0.1, -0.05) is 36.4 Å². The van der Waals surface area contributed by atoms with Gasteiger partial charge in [-0.25, -0.2) is 4.98 Å². The number of imidazole rings is 1. The van der Waals surface area contributed by atoms with E-state index in [-0.39, 0.29) is 0 Å². The van der Waals surface area contributed by atoms with E-state index in [0.29, 0.717) is 5.92 Å². The summed E-state index contributed by atoms with van der Waals surface area (Å²) >= 11 is 1.76. The predicted molar refractivity (Wildman–Crippen MR) is 138 cm³/mol. The molecule has 0 spiro atoms. The standard InChI is InChI=1S/C28H31N3S/c1-19-17-24(21-7-5-20(6-8-21)22-13-15-30(2)16-14-22)18-26-27(19)29-28(31(26)3)23-9-11-25(32-4)12-10-23/h5-12,17-18,22H,13-16H2,1-4H3. The van der Waals surface area contributed by atoms with Gasteiger partial charge in [0.2, 0.25) is 0 Å². The highest BCUT2D eigenvalue weighted by Crippen LogP contribution is 2.33. The van der Waals surface area contributed by atoms with Crippen LogP contribution in [0, 0.1) is 6.92 Å². The molecule has 0 saturated carbocycles. The minimum atomic E-state index is 0.696. The van der Waals surface area contributed by atoms with Gasteiger partial charge in [0.1, 0.15) is 5.82 Å². The Kier molecular flexibility index (Phi) is 5.83. The molecule has 0 amide bonds. The highest BCUT2D eigenvalue weighted by molar-refractivity contribution is 7.98. The van der Waals surface area contributed by atoms with Crippen molar-refractivity contribution in [3.05, 3.63) is 71.8 Å². The highest BCUT2D eigenvalue weighted by atomic mass is 32.2. The molecule has 1 aliphatic heterocycles. The molecule has 3 aromatic carbocycles. The van der Waals surface area contributed by atoms with Gasteiger partial charge >= 0.3 is 0 Å².